The molecule has 0 radical (unpaired) electrons. The normalized spacial score (nSPS) is 10.8. The first-order valence-corrected chi connectivity index (χ1v) is 8.49. The van der Waals surface area contributed by atoms with Crippen LogP contribution in [0.2, 0.25) is 0 Å². The Morgan fingerprint density at radius 2 is 2.00 bits per heavy atom. The molecule has 0 fully saturated rings. The Morgan fingerprint density at radius 3 is 2.63 bits per heavy atom. The molecule has 140 valence electrons. The fraction of sp³-hybridized carbons (Fsp3) is 0.263. The molecule has 1 amide bonds. The van der Waals surface area contributed by atoms with Crippen LogP contribution in [-0.2, 0) is 17.8 Å². The summed E-state index contributed by atoms with van der Waals surface area (Å²) in [5, 5.41) is 15.6. The highest BCUT2D eigenvalue weighted by molar-refractivity contribution is 5.89. The number of rotatable bonds is 6. The lowest BCUT2D eigenvalue weighted by Gasteiger charge is -2.15. The number of aryl methyl sites for hydroxylation is 2. The predicted molar refractivity (Wildman–Crippen MR) is 99.3 cm³/mol. The van der Waals surface area contributed by atoms with Gasteiger partial charge in [-0.05, 0) is 13.8 Å². The van der Waals surface area contributed by atoms with Gasteiger partial charge in [-0.3, -0.25) is 14.2 Å². The molecule has 1 aromatic carbocycles. The topological polar surface area (TPSA) is 110 Å². The third-order valence-corrected chi connectivity index (χ3v) is 4.06. The van der Waals surface area contributed by atoms with Gasteiger partial charge in [0, 0.05) is 35.9 Å². The molecule has 2 N–H and O–H groups in total. The monoisotopic (exact) mass is 368 g/mol. The van der Waals surface area contributed by atoms with E-state index in [1.165, 1.54) is 4.57 Å². The van der Waals surface area contributed by atoms with E-state index >= 15 is 0 Å². The van der Waals surface area contributed by atoms with Crippen molar-refractivity contribution in [3.8, 4) is 11.4 Å². The molecule has 2 aromatic heterocycles. The van der Waals surface area contributed by atoms with Gasteiger partial charge >= 0.3 is 0 Å². The standard InChI is InChI=1S/C19H20N4O4/c1-12-10-16(22-27-12)21-17(25)11-23-18(14-6-4-3-5-7-14)20-13(2)15(8-9-24)19(23)26/h3-7,10,24H,8-9,11H2,1-2H3,(H,21,22,25). The molecular weight excluding hydrogens is 348 g/mol. The quantitative estimate of drug-likeness (QED) is 0.685. The lowest BCUT2D eigenvalue weighted by atomic mass is 10.1. The van der Waals surface area contributed by atoms with Gasteiger partial charge in [-0.1, -0.05) is 35.5 Å². The Hall–Kier alpha value is -3.26. The van der Waals surface area contributed by atoms with Crippen molar-refractivity contribution in [1.29, 1.82) is 0 Å². The molecule has 2 heterocycles. The summed E-state index contributed by atoms with van der Waals surface area (Å²) in [4.78, 5) is 29.9. The lowest BCUT2D eigenvalue weighted by molar-refractivity contribution is -0.116. The van der Waals surface area contributed by atoms with Crippen LogP contribution in [0.5, 0.6) is 0 Å². The van der Waals surface area contributed by atoms with Crippen molar-refractivity contribution in [2.75, 3.05) is 11.9 Å². The summed E-state index contributed by atoms with van der Waals surface area (Å²) in [7, 11) is 0. The number of anilines is 1. The van der Waals surface area contributed by atoms with Gasteiger partial charge in [-0.25, -0.2) is 4.98 Å². The minimum absolute atomic E-state index is 0.174. The summed E-state index contributed by atoms with van der Waals surface area (Å²) < 4.78 is 6.24. The number of hydrogen-bond donors (Lipinski definition) is 2. The summed E-state index contributed by atoms with van der Waals surface area (Å²) in [5.41, 5.74) is 1.30. The molecule has 0 spiro atoms. The Labute approximate surface area is 155 Å². The summed E-state index contributed by atoms with van der Waals surface area (Å²) in [6, 6.07) is 10.8. The third-order valence-electron chi connectivity index (χ3n) is 4.06. The summed E-state index contributed by atoms with van der Waals surface area (Å²) in [5.74, 6) is 0.812. The van der Waals surface area contributed by atoms with Crippen molar-refractivity contribution < 1.29 is 14.4 Å². The average Bonchev–Trinajstić information content (AvgIpc) is 3.06. The SMILES string of the molecule is Cc1cc(NC(=O)Cn2c(-c3ccccc3)nc(C)c(CCO)c2=O)no1. The number of aromatic nitrogens is 3. The van der Waals surface area contributed by atoms with Crippen LogP contribution < -0.4 is 10.9 Å². The van der Waals surface area contributed by atoms with E-state index < -0.39 is 5.91 Å². The summed E-state index contributed by atoms with van der Waals surface area (Å²) in [6.07, 6.45) is 0.177. The Kier molecular flexibility index (Phi) is 5.46. The number of aliphatic hydroxyl groups excluding tert-OH is 1. The first kappa shape index (κ1) is 18.5. The fourth-order valence-corrected chi connectivity index (χ4v) is 2.81. The number of amides is 1. The molecule has 8 nitrogen and oxygen atoms in total. The van der Waals surface area contributed by atoms with Crippen molar-refractivity contribution in [2.24, 2.45) is 0 Å². The highest BCUT2D eigenvalue weighted by Gasteiger charge is 2.18. The van der Waals surface area contributed by atoms with E-state index in [1.54, 1.807) is 19.9 Å². The zero-order valence-electron chi connectivity index (χ0n) is 15.1. The first-order chi connectivity index (χ1) is 13.0. The van der Waals surface area contributed by atoms with E-state index in [9.17, 15) is 14.7 Å². The number of carbonyl (C=O) groups is 1. The van der Waals surface area contributed by atoms with Crippen LogP contribution in [0.25, 0.3) is 11.4 Å². The largest absolute Gasteiger partial charge is 0.396 e. The van der Waals surface area contributed by atoms with Crippen molar-refractivity contribution in [2.45, 2.75) is 26.8 Å². The van der Waals surface area contributed by atoms with Crippen LogP contribution in [0.15, 0.2) is 45.7 Å². The van der Waals surface area contributed by atoms with E-state index in [0.29, 0.717) is 22.8 Å². The number of benzene rings is 1. The van der Waals surface area contributed by atoms with Crippen LogP contribution in [-0.4, -0.2) is 32.3 Å². The maximum atomic E-state index is 13.0. The molecule has 27 heavy (non-hydrogen) atoms. The highest BCUT2D eigenvalue weighted by atomic mass is 16.5. The van der Waals surface area contributed by atoms with Gasteiger partial charge in [-0.2, -0.15) is 0 Å². The Balaban J connectivity index is 2.01. The number of nitrogens with zero attached hydrogens (tertiary/aromatic N) is 3. The minimum atomic E-state index is -0.428. The summed E-state index contributed by atoms with van der Waals surface area (Å²) >= 11 is 0. The molecule has 0 saturated carbocycles. The maximum absolute atomic E-state index is 13.0. The smallest absolute Gasteiger partial charge is 0.257 e. The van der Waals surface area contributed by atoms with Gasteiger partial charge in [0.15, 0.2) is 5.82 Å². The molecule has 0 aliphatic heterocycles. The van der Waals surface area contributed by atoms with Crippen LogP contribution in [0, 0.1) is 13.8 Å². The number of aliphatic hydroxyl groups is 1. The zero-order chi connectivity index (χ0) is 19.4. The maximum Gasteiger partial charge on any atom is 0.257 e. The second-order valence-electron chi connectivity index (χ2n) is 6.10. The Bertz CT molecular complexity index is 1010. The Morgan fingerprint density at radius 1 is 1.26 bits per heavy atom. The van der Waals surface area contributed by atoms with E-state index in [0.717, 1.165) is 5.56 Å². The lowest BCUT2D eigenvalue weighted by Crippen LogP contribution is -2.33. The van der Waals surface area contributed by atoms with Crippen LogP contribution in [0.3, 0.4) is 0 Å². The molecule has 0 aliphatic carbocycles. The third kappa shape index (κ3) is 4.12. The predicted octanol–water partition coefficient (Wildman–Crippen LogP) is 1.69. The van der Waals surface area contributed by atoms with E-state index in [-0.39, 0.29) is 30.9 Å². The van der Waals surface area contributed by atoms with Crippen molar-refractivity contribution >= 4 is 11.7 Å². The number of nitrogens with one attached hydrogen (secondary N) is 1. The van der Waals surface area contributed by atoms with Gasteiger partial charge in [-0.15, -0.1) is 0 Å². The van der Waals surface area contributed by atoms with Crippen molar-refractivity contribution in [1.82, 2.24) is 14.7 Å². The molecule has 0 unspecified atom stereocenters. The second-order valence-corrected chi connectivity index (χ2v) is 6.10. The van der Waals surface area contributed by atoms with E-state index in [2.05, 4.69) is 15.5 Å². The van der Waals surface area contributed by atoms with Gasteiger partial charge in [0.05, 0.1) is 0 Å². The minimum Gasteiger partial charge on any atom is -0.396 e. The summed E-state index contributed by atoms with van der Waals surface area (Å²) in [6.45, 7) is 3.03. The molecule has 8 heteroatoms. The van der Waals surface area contributed by atoms with Gasteiger partial charge in [0.2, 0.25) is 5.91 Å². The molecule has 0 saturated heterocycles. The van der Waals surface area contributed by atoms with E-state index in [1.807, 2.05) is 30.3 Å². The molecule has 0 atom stereocenters. The second kappa shape index (κ2) is 7.96. The number of carbonyl (C=O) groups excluding carboxylic acids is 1. The van der Waals surface area contributed by atoms with Gasteiger partial charge in [0.25, 0.3) is 5.56 Å². The average molecular weight is 368 g/mol. The van der Waals surface area contributed by atoms with Crippen LogP contribution >= 0.6 is 0 Å². The van der Waals surface area contributed by atoms with Crippen LogP contribution in [0.1, 0.15) is 17.0 Å². The number of hydrogen-bond acceptors (Lipinski definition) is 6. The molecule has 0 aliphatic rings. The van der Waals surface area contributed by atoms with Crippen molar-refractivity contribution in [3.05, 3.63) is 63.8 Å². The molecular formula is C19H20N4O4. The fourth-order valence-electron chi connectivity index (χ4n) is 2.81. The van der Waals surface area contributed by atoms with E-state index in [4.69, 9.17) is 4.52 Å². The molecule has 3 aromatic rings. The highest BCUT2D eigenvalue weighted by Crippen LogP contribution is 2.17. The molecule has 3 rings (SSSR count). The van der Waals surface area contributed by atoms with Gasteiger partial charge in [0.1, 0.15) is 18.1 Å². The van der Waals surface area contributed by atoms with Crippen molar-refractivity contribution in [3.63, 3.8) is 0 Å². The van der Waals surface area contributed by atoms with Crippen LogP contribution in [0.4, 0.5) is 5.82 Å². The molecule has 0 bridgehead atoms. The van der Waals surface area contributed by atoms with Gasteiger partial charge < -0.3 is 14.9 Å². The zero-order valence-corrected chi connectivity index (χ0v) is 15.1. The first-order valence-electron chi connectivity index (χ1n) is 8.49.